The predicted molar refractivity (Wildman–Crippen MR) is 129 cm³/mol. The zero-order valence-electron chi connectivity index (χ0n) is 21.0. The number of hydrogen-bond acceptors (Lipinski definition) is 8. The molecule has 10 nitrogen and oxygen atoms in total. The molecule has 2 aromatic rings. The van der Waals surface area contributed by atoms with Gasteiger partial charge in [-0.05, 0) is 51.2 Å². The maximum atomic E-state index is 13.3. The number of rotatable bonds is 8. The fourth-order valence-electron chi connectivity index (χ4n) is 4.33. The van der Waals surface area contributed by atoms with Gasteiger partial charge in [-0.3, -0.25) is 9.59 Å². The molecular formula is C25H31N3O7. The summed E-state index contributed by atoms with van der Waals surface area (Å²) in [5.74, 6) is -1.58. The van der Waals surface area contributed by atoms with E-state index in [0.29, 0.717) is 34.9 Å². The molecular weight excluding hydrogens is 454 g/mol. The minimum Gasteiger partial charge on any atom is -0.507 e. The zero-order valence-corrected chi connectivity index (χ0v) is 21.0. The summed E-state index contributed by atoms with van der Waals surface area (Å²) in [5.41, 5.74) is 1.82. The van der Waals surface area contributed by atoms with Crippen LogP contribution in [0.25, 0.3) is 5.76 Å². The SMILES string of the molecule is COC(=O)c1[nH]c(C)c(/C(O)=C2\C(=O)C(=O)N(CCN(C)C)[C@H]2c2ccc(OC)c(OC)c2)c1C. The number of ether oxygens (including phenoxy) is 3. The van der Waals surface area contributed by atoms with Gasteiger partial charge in [-0.15, -0.1) is 0 Å². The Labute approximate surface area is 204 Å². The number of carbonyl (C=O) groups is 3. The molecule has 1 amide bonds. The van der Waals surface area contributed by atoms with Crippen molar-refractivity contribution >= 4 is 23.4 Å². The number of aliphatic hydroxyl groups is 1. The molecule has 0 radical (unpaired) electrons. The predicted octanol–water partition coefficient (Wildman–Crippen LogP) is 2.42. The third-order valence-corrected chi connectivity index (χ3v) is 6.12. The van der Waals surface area contributed by atoms with Crippen molar-refractivity contribution in [2.24, 2.45) is 0 Å². The van der Waals surface area contributed by atoms with E-state index in [1.165, 1.54) is 26.2 Å². The molecule has 1 aliphatic rings. The van der Waals surface area contributed by atoms with Gasteiger partial charge in [0.1, 0.15) is 11.5 Å². The van der Waals surface area contributed by atoms with Crippen LogP contribution < -0.4 is 9.47 Å². The first-order valence-corrected chi connectivity index (χ1v) is 11.0. The first-order valence-electron chi connectivity index (χ1n) is 11.0. The standard InChI is InChI=1S/C25H31N3O7/c1-13-18(14(2)26-20(13)25(32)35-7)22(29)19-21(15-8-9-16(33-5)17(12-15)34-6)28(11-10-27(3)4)24(31)23(19)30/h8-9,12,21,26,29H,10-11H2,1-7H3/b22-19+/t21-/m0/s1. The number of nitrogens with zero attached hydrogens (tertiary/aromatic N) is 2. The molecule has 1 fully saturated rings. The van der Waals surface area contributed by atoms with Gasteiger partial charge in [0.2, 0.25) is 0 Å². The van der Waals surface area contributed by atoms with E-state index in [-0.39, 0.29) is 29.1 Å². The maximum absolute atomic E-state index is 13.3. The molecule has 1 aromatic carbocycles. The summed E-state index contributed by atoms with van der Waals surface area (Å²) >= 11 is 0. The van der Waals surface area contributed by atoms with E-state index in [2.05, 4.69) is 4.98 Å². The molecule has 0 spiro atoms. The zero-order chi connectivity index (χ0) is 26.0. The number of Topliss-reactive ketones (excluding diaryl/α,β-unsaturated/α-hetero) is 1. The number of carbonyl (C=O) groups excluding carboxylic acids is 3. The van der Waals surface area contributed by atoms with Crippen molar-refractivity contribution in [1.29, 1.82) is 0 Å². The molecule has 0 bridgehead atoms. The van der Waals surface area contributed by atoms with E-state index in [9.17, 15) is 19.5 Å². The van der Waals surface area contributed by atoms with Crippen molar-refractivity contribution in [3.05, 3.63) is 51.9 Å². The van der Waals surface area contributed by atoms with Crippen molar-refractivity contribution in [2.75, 3.05) is 48.5 Å². The highest BCUT2D eigenvalue weighted by atomic mass is 16.5. The molecule has 1 aliphatic heterocycles. The lowest BCUT2D eigenvalue weighted by Gasteiger charge is -2.27. The number of likely N-dealkylation sites (tertiary alicyclic amines) is 1. The van der Waals surface area contributed by atoms with E-state index in [1.54, 1.807) is 32.0 Å². The number of H-pyrrole nitrogens is 1. The van der Waals surface area contributed by atoms with Crippen molar-refractivity contribution in [3.63, 3.8) is 0 Å². The number of esters is 1. The second-order valence-corrected chi connectivity index (χ2v) is 8.53. The Balaban J connectivity index is 2.26. The fraction of sp³-hybridized carbons (Fsp3) is 0.400. The quantitative estimate of drug-likeness (QED) is 0.253. The van der Waals surface area contributed by atoms with Crippen LogP contribution in [0.1, 0.15) is 38.9 Å². The summed E-state index contributed by atoms with van der Waals surface area (Å²) in [5, 5.41) is 11.4. The van der Waals surface area contributed by atoms with Crippen LogP contribution in [-0.2, 0) is 14.3 Å². The molecule has 1 aromatic heterocycles. The first kappa shape index (κ1) is 25.8. The highest BCUT2D eigenvalue weighted by Gasteiger charge is 2.46. The molecule has 0 aliphatic carbocycles. The van der Waals surface area contributed by atoms with Gasteiger partial charge in [0, 0.05) is 24.3 Å². The lowest BCUT2D eigenvalue weighted by molar-refractivity contribution is -0.140. The summed E-state index contributed by atoms with van der Waals surface area (Å²) in [4.78, 5) is 44.8. The van der Waals surface area contributed by atoms with Crippen LogP contribution in [0.15, 0.2) is 23.8 Å². The minimum absolute atomic E-state index is 0.0670. The van der Waals surface area contributed by atoms with E-state index < -0.39 is 23.7 Å². The number of methoxy groups -OCH3 is 3. The van der Waals surface area contributed by atoms with E-state index >= 15 is 0 Å². The Bertz CT molecular complexity index is 1200. The Morgan fingerprint density at radius 1 is 1.11 bits per heavy atom. The number of aliphatic hydroxyl groups excluding tert-OH is 1. The molecule has 2 N–H and O–H groups in total. The van der Waals surface area contributed by atoms with Gasteiger partial charge in [0.15, 0.2) is 11.5 Å². The molecule has 0 saturated carbocycles. The van der Waals surface area contributed by atoms with Gasteiger partial charge in [0.05, 0.1) is 32.9 Å². The number of aromatic nitrogens is 1. The molecule has 10 heteroatoms. The second-order valence-electron chi connectivity index (χ2n) is 8.53. The Hall–Kier alpha value is -3.79. The average Bonchev–Trinajstić information content (AvgIpc) is 3.28. The summed E-state index contributed by atoms with van der Waals surface area (Å²) in [6.07, 6.45) is 0. The third-order valence-electron chi connectivity index (χ3n) is 6.12. The topological polar surface area (TPSA) is 121 Å². The fourth-order valence-corrected chi connectivity index (χ4v) is 4.33. The van der Waals surface area contributed by atoms with Gasteiger partial charge >= 0.3 is 5.97 Å². The van der Waals surface area contributed by atoms with E-state index in [0.717, 1.165) is 0 Å². The number of benzene rings is 1. The average molecular weight is 486 g/mol. The van der Waals surface area contributed by atoms with Gasteiger partial charge in [-0.1, -0.05) is 6.07 Å². The van der Waals surface area contributed by atoms with Crippen molar-refractivity contribution in [3.8, 4) is 11.5 Å². The monoisotopic (exact) mass is 485 g/mol. The van der Waals surface area contributed by atoms with Crippen LogP contribution >= 0.6 is 0 Å². The number of ketones is 1. The number of nitrogens with one attached hydrogen (secondary N) is 1. The highest BCUT2D eigenvalue weighted by Crippen LogP contribution is 2.42. The van der Waals surface area contributed by atoms with Crippen LogP contribution in [0.5, 0.6) is 11.5 Å². The van der Waals surface area contributed by atoms with E-state index in [4.69, 9.17) is 14.2 Å². The summed E-state index contributed by atoms with van der Waals surface area (Å²) in [7, 11) is 7.99. The van der Waals surface area contributed by atoms with Gasteiger partial charge in [-0.2, -0.15) is 0 Å². The Morgan fingerprint density at radius 2 is 1.77 bits per heavy atom. The Morgan fingerprint density at radius 3 is 2.34 bits per heavy atom. The molecule has 3 rings (SSSR count). The molecule has 2 heterocycles. The van der Waals surface area contributed by atoms with Crippen LogP contribution in [-0.4, -0.2) is 86.1 Å². The molecule has 1 saturated heterocycles. The number of aromatic amines is 1. The van der Waals surface area contributed by atoms with Crippen molar-refractivity contribution < 1.29 is 33.7 Å². The van der Waals surface area contributed by atoms with Crippen LogP contribution in [0.3, 0.4) is 0 Å². The first-order chi connectivity index (χ1) is 16.6. The van der Waals surface area contributed by atoms with Gasteiger partial charge < -0.3 is 34.1 Å². The molecule has 35 heavy (non-hydrogen) atoms. The van der Waals surface area contributed by atoms with Gasteiger partial charge in [-0.25, -0.2) is 4.79 Å². The maximum Gasteiger partial charge on any atom is 0.354 e. The largest absolute Gasteiger partial charge is 0.507 e. The Kier molecular flexibility index (Phi) is 7.54. The molecule has 188 valence electrons. The lowest BCUT2D eigenvalue weighted by Crippen LogP contribution is -2.35. The third kappa shape index (κ3) is 4.61. The highest BCUT2D eigenvalue weighted by molar-refractivity contribution is 6.46. The normalized spacial score (nSPS) is 17.3. The lowest BCUT2D eigenvalue weighted by atomic mass is 9.93. The van der Waals surface area contributed by atoms with Gasteiger partial charge in [0.25, 0.3) is 11.7 Å². The number of amides is 1. The smallest absolute Gasteiger partial charge is 0.354 e. The van der Waals surface area contributed by atoms with Crippen molar-refractivity contribution in [2.45, 2.75) is 19.9 Å². The van der Waals surface area contributed by atoms with Crippen LogP contribution in [0.2, 0.25) is 0 Å². The summed E-state index contributed by atoms with van der Waals surface area (Å²) in [6, 6.07) is 4.22. The van der Waals surface area contributed by atoms with Crippen LogP contribution in [0, 0.1) is 13.8 Å². The van der Waals surface area contributed by atoms with E-state index in [1.807, 2.05) is 19.0 Å². The summed E-state index contributed by atoms with van der Waals surface area (Å²) < 4.78 is 15.6. The van der Waals surface area contributed by atoms with Crippen LogP contribution in [0.4, 0.5) is 0 Å². The number of aryl methyl sites for hydroxylation is 1. The minimum atomic E-state index is -0.870. The molecule has 1 atom stereocenters. The number of hydrogen-bond donors (Lipinski definition) is 2. The second kappa shape index (κ2) is 10.2. The number of likely N-dealkylation sites (N-methyl/N-ethyl adjacent to an activating group) is 1. The summed E-state index contributed by atoms with van der Waals surface area (Å²) in [6.45, 7) is 4.07. The van der Waals surface area contributed by atoms with Crippen molar-refractivity contribution in [1.82, 2.24) is 14.8 Å². The molecule has 0 unspecified atom stereocenters.